The van der Waals surface area contributed by atoms with Gasteiger partial charge in [-0.05, 0) is 66.1 Å². The number of nitrogens with zero attached hydrogens (tertiary/aromatic N) is 2. The number of carbonyl (C=O) groups is 2. The van der Waals surface area contributed by atoms with Crippen molar-refractivity contribution in [2.24, 2.45) is 5.92 Å². The van der Waals surface area contributed by atoms with Crippen LogP contribution in [0.1, 0.15) is 31.0 Å². The first-order valence-corrected chi connectivity index (χ1v) is 10.9. The molecule has 0 radical (unpaired) electrons. The van der Waals surface area contributed by atoms with E-state index in [1.54, 1.807) is 73.1 Å². The second kappa shape index (κ2) is 9.46. The van der Waals surface area contributed by atoms with Gasteiger partial charge in [-0.3, -0.25) is 19.5 Å². The van der Waals surface area contributed by atoms with Crippen LogP contribution in [0.15, 0.2) is 78.6 Å². The number of aliphatic hydroxyl groups is 1. The summed E-state index contributed by atoms with van der Waals surface area (Å²) >= 11 is 6.01. The van der Waals surface area contributed by atoms with E-state index in [0.717, 1.165) is 0 Å². The van der Waals surface area contributed by atoms with Crippen LogP contribution in [0.2, 0.25) is 5.02 Å². The molecular weight excluding hydrogens is 440 g/mol. The highest BCUT2D eigenvalue weighted by Gasteiger charge is 2.47. The first-order valence-electron chi connectivity index (χ1n) is 10.6. The van der Waals surface area contributed by atoms with E-state index in [0.29, 0.717) is 40.1 Å². The Bertz CT molecular complexity index is 1190. The number of ketones is 1. The van der Waals surface area contributed by atoms with Gasteiger partial charge in [0, 0.05) is 28.7 Å². The summed E-state index contributed by atoms with van der Waals surface area (Å²) in [6, 6.07) is 16.1. The van der Waals surface area contributed by atoms with Crippen LogP contribution < -0.4 is 9.64 Å². The van der Waals surface area contributed by atoms with Gasteiger partial charge in [0.2, 0.25) is 0 Å². The van der Waals surface area contributed by atoms with Crippen molar-refractivity contribution in [1.82, 2.24) is 4.98 Å². The monoisotopic (exact) mass is 462 g/mol. The summed E-state index contributed by atoms with van der Waals surface area (Å²) in [4.78, 5) is 31.7. The third-order valence-corrected chi connectivity index (χ3v) is 5.51. The molecule has 3 aromatic rings. The lowest BCUT2D eigenvalue weighted by molar-refractivity contribution is -0.132. The molecule has 1 N–H and O–H groups in total. The third-order valence-electron chi connectivity index (χ3n) is 5.26. The lowest BCUT2D eigenvalue weighted by Gasteiger charge is -2.25. The Morgan fingerprint density at radius 1 is 1.09 bits per heavy atom. The molecular formula is C26H23ClN2O4. The number of benzene rings is 2. The molecule has 2 aromatic carbocycles. The van der Waals surface area contributed by atoms with E-state index < -0.39 is 17.7 Å². The van der Waals surface area contributed by atoms with Crippen LogP contribution in [0.4, 0.5) is 5.69 Å². The molecule has 0 spiro atoms. The van der Waals surface area contributed by atoms with E-state index in [-0.39, 0.29) is 11.3 Å². The van der Waals surface area contributed by atoms with E-state index in [9.17, 15) is 14.7 Å². The molecule has 4 rings (SSSR count). The number of halogens is 1. The number of aromatic nitrogens is 1. The van der Waals surface area contributed by atoms with Crippen molar-refractivity contribution in [3.05, 3.63) is 94.8 Å². The Morgan fingerprint density at radius 2 is 1.79 bits per heavy atom. The van der Waals surface area contributed by atoms with Crippen molar-refractivity contribution >= 4 is 34.7 Å². The highest BCUT2D eigenvalue weighted by Crippen LogP contribution is 2.42. The quantitative estimate of drug-likeness (QED) is 0.301. The molecule has 2 heterocycles. The van der Waals surface area contributed by atoms with Crippen LogP contribution >= 0.6 is 11.6 Å². The number of amides is 1. The zero-order valence-electron chi connectivity index (χ0n) is 18.2. The number of Topliss-reactive ketones (excluding diaryl/α,β-unsaturated/α-hetero) is 1. The number of hydrogen-bond acceptors (Lipinski definition) is 5. The molecule has 1 fully saturated rings. The molecule has 33 heavy (non-hydrogen) atoms. The smallest absolute Gasteiger partial charge is 0.300 e. The molecule has 1 amide bonds. The van der Waals surface area contributed by atoms with E-state index >= 15 is 0 Å². The molecule has 0 bridgehead atoms. The Kier molecular flexibility index (Phi) is 6.47. The van der Waals surface area contributed by atoms with E-state index in [2.05, 4.69) is 18.8 Å². The van der Waals surface area contributed by atoms with E-state index in [1.807, 2.05) is 0 Å². The van der Waals surface area contributed by atoms with Gasteiger partial charge in [-0.1, -0.05) is 31.5 Å². The van der Waals surface area contributed by atoms with Crippen LogP contribution in [-0.2, 0) is 9.59 Å². The lowest BCUT2D eigenvalue weighted by atomic mass is 9.96. The number of rotatable bonds is 6. The highest BCUT2D eigenvalue weighted by molar-refractivity contribution is 6.51. The summed E-state index contributed by atoms with van der Waals surface area (Å²) in [5.74, 6) is -0.720. The predicted molar refractivity (Wildman–Crippen MR) is 127 cm³/mol. The van der Waals surface area contributed by atoms with Gasteiger partial charge in [0.25, 0.3) is 11.7 Å². The van der Waals surface area contributed by atoms with Crippen LogP contribution in [0.3, 0.4) is 0 Å². The van der Waals surface area contributed by atoms with Crippen LogP contribution in [0.5, 0.6) is 5.75 Å². The molecule has 1 atom stereocenters. The Morgan fingerprint density at radius 3 is 2.39 bits per heavy atom. The minimum atomic E-state index is -0.836. The number of anilines is 1. The third kappa shape index (κ3) is 4.61. The zero-order valence-corrected chi connectivity index (χ0v) is 19.0. The van der Waals surface area contributed by atoms with Crippen molar-refractivity contribution in [2.45, 2.75) is 19.9 Å². The average molecular weight is 463 g/mol. The summed E-state index contributed by atoms with van der Waals surface area (Å²) in [5, 5.41) is 11.7. The number of carbonyl (C=O) groups excluding carboxylic acids is 2. The van der Waals surface area contributed by atoms with Crippen molar-refractivity contribution in [1.29, 1.82) is 0 Å². The maximum absolute atomic E-state index is 13.1. The molecule has 1 saturated heterocycles. The first-order chi connectivity index (χ1) is 15.9. The number of pyridine rings is 1. The summed E-state index contributed by atoms with van der Waals surface area (Å²) < 4.78 is 5.69. The first kappa shape index (κ1) is 22.6. The van der Waals surface area contributed by atoms with Crippen molar-refractivity contribution in [2.75, 3.05) is 11.5 Å². The topological polar surface area (TPSA) is 79.7 Å². The SMILES string of the molecule is CC(C)COc1ccc(/C(O)=C2/C(=O)C(=O)N(c3ccc(Cl)cc3)C2c2cccnc2)cc1. The summed E-state index contributed by atoms with van der Waals surface area (Å²) in [7, 11) is 0. The van der Waals surface area contributed by atoms with Gasteiger partial charge < -0.3 is 9.84 Å². The van der Waals surface area contributed by atoms with Gasteiger partial charge in [0.15, 0.2) is 0 Å². The predicted octanol–water partition coefficient (Wildman–Crippen LogP) is 5.40. The zero-order chi connectivity index (χ0) is 23.5. The van der Waals surface area contributed by atoms with Crippen molar-refractivity contribution in [3.63, 3.8) is 0 Å². The molecule has 0 aliphatic carbocycles. The second-order valence-electron chi connectivity index (χ2n) is 8.16. The summed E-state index contributed by atoms with van der Waals surface area (Å²) in [5.41, 5.74) is 1.51. The van der Waals surface area contributed by atoms with Crippen molar-refractivity contribution in [3.8, 4) is 5.75 Å². The van der Waals surface area contributed by atoms with E-state index in [4.69, 9.17) is 16.3 Å². The fourth-order valence-corrected chi connectivity index (χ4v) is 3.81. The van der Waals surface area contributed by atoms with Gasteiger partial charge in [0.05, 0.1) is 18.2 Å². The summed E-state index contributed by atoms with van der Waals surface area (Å²) in [6.45, 7) is 4.68. The molecule has 1 unspecified atom stereocenters. The second-order valence-corrected chi connectivity index (χ2v) is 8.60. The van der Waals surface area contributed by atoms with Gasteiger partial charge in [-0.25, -0.2) is 0 Å². The average Bonchev–Trinajstić information content (AvgIpc) is 3.09. The molecule has 7 heteroatoms. The van der Waals surface area contributed by atoms with Gasteiger partial charge in [0.1, 0.15) is 11.5 Å². The number of ether oxygens (including phenoxy) is 1. The maximum Gasteiger partial charge on any atom is 0.300 e. The Labute approximate surface area is 197 Å². The van der Waals surface area contributed by atoms with E-state index in [1.165, 1.54) is 4.90 Å². The molecule has 0 saturated carbocycles. The highest BCUT2D eigenvalue weighted by atomic mass is 35.5. The van der Waals surface area contributed by atoms with Gasteiger partial charge in [-0.15, -0.1) is 0 Å². The van der Waals surface area contributed by atoms with Gasteiger partial charge >= 0.3 is 0 Å². The Balaban J connectivity index is 1.79. The number of aliphatic hydroxyl groups excluding tert-OH is 1. The largest absolute Gasteiger partial charge is 0.507 e. The van der Waals surface area contributed by atoms with Crippen molar-refractivity contribution < 1.29 is 19.4 Å². The maximum atomic E-state index is 13.1. The fraction of sp³-hybridized carbons (Fsp3) is 0.192. The molecule has 168 valence electrons. The van der Waals surface area contributed by atoms with Crippen LogP contribution in [-0.4, -0.2) is 28.4 Å². The van der Waals surface area contributed by atoms with Crippen LogP contribution in [0, 0.1) is 5.92 Å². The molecule has 1 aromatic heterocycles. The lowest BCUT2D eigenvalue weighted by Crippen LogP contribution is -2.29. The normalized spacial score (nSPS) is 17.6. The van der Waals surface area contributed by atoms with Gasteiger partial charge in [-0.2, -0.15) is 0 Å². The molecule has 1 aliphatic heterocycles. The minimum absolute atomic E-state index is 0.00111. The fourth-order valence-electron chi connectivity index (χ4n) is 3.68. The summed E-state index contributed by atoms with van der Waals surface area (Å²) in [6.07, 6.45) is 3.18. The minimum Gasteiger partial charge on any atom is -0.507 e. The molecule has 1 aliphatic rings. The standard InChI is InChI=1S/C26H23ClN2O4/c1-16(2)15-33-21-11-5-17(6-12-21)24(30)22-23(18-4-3-13-28-14-18)29(26(32)25(22)31)20-9-7-19(27)8-10-20/h3-14,16,23,30H,15H2,1-2H3/b24-22-. The number of hydrogen-bond donors (Lipinski definition) is 1. The molecule has 6 nitrogen and oxygen atoms in total. The van der Waals surface area contributed by atoms with Crippen LogP contribution in [0.25, 0.3) is 5.76 Å². The Hall–Kier alpha value is -3.64.